The van der Waals surface area contributed by atoms with Crippen LogP contribution in [0.3, 0.4) is 0 Å². The maximum Gasteiger partial charge on any atom is 0.573 e. The van der Waals surface area contributed by atoms with Crippen LogP contribution in [0.2, 0.25) is 0 Å². The molecule has 4 nitrogen and oxygen atoms in total. The smallest absolute Gasteiger partial charge is 0.403 e. The highest BCUT2D eigenvalue weighted by molar-refractivity contribution is 6.17. The fourth-order valence-electron chi connectivity index (χ4n) is 1.22. The Kier molecular flexibility index (Phi) is 4.51. The van der Waals surface area contributed by atoms with E-state index in [1.54, 1.807) is 0 Å². The van der Waals surface area contributed by atoms with Crippen LogP contribution in [0.25, 0.3) is 0 Å². The fraction of sp³-hybridized carbons (Fsp3) is 0.333. The lowest BCUT2D eigenvalue weighted by molar-refractivity contribution is -0.275. The van der Waals surface area contributed by atoms with Gasteiger partial charge in [0.1, 0.15) is 5.69 Å². The molecule has 0 aromatic carbocycles. The number of nitrogens with two attached hydrogens (primary N) is 1. The lowest BCUT2D eigenvalue weighted by atomic mass is 10.1. The van der Waals surface area contributed by atoms with Gasteiger partial charge in [0.15, 0.2) is 5.75 Å². The average Bonchev–Trinajstić information content (AvgIpc) is 2.26. The Bertz CT molecular complexity index is 492. The zero-order valence-corrected chi connectivity index (χ0v) is 9.73. The molecule has 1 heterocycles. The Hall–Kier alpha value is -1.64. The molecule has 0 fully saturated rings. The number of nitrogens with zero attached hydrogens (tertiary/aromatic N) is 1. The predicted octanol–water partition coefficient (Wildman–Crippen LogP) is 2.76. The van der Waals surface area contributed by atoms with Crippen LogP contribution in [0.4, 0.5) is 22.0 Å². The molecule has 19 heavy (non-hydrogen) atoms. The summed E-state index contributed by atoms with van der Waals surface area (Å²) in [4.78, 5) is 14.2. The molecule has 0 saturated carbocycles. The van der Waals surface area contributed by atoms with Crippen LogP contribution < -0.4 is 10.5 Å². The normalized spacial score (nSPS) is 11.7. The topological polar surface area (TPSA) is 65.2 Å². The number of aromatic nitrogens is 1. The molecule has 0 radical (unpaired) electrons. The van der Waals surface area contributed by atoms with Crippen LogP contribution in [-0.2, 0) is 5.88 Å². The fourth-order valence-corrected chi connectivity index (χ4v) is 1.40. The lowest BCUT2D eigenvalue weighted by Gasteiger charge is -2.15. The highest BCUT2D eigenvalue weighted by Gasteiger charge is 2.35. The molecule has 0 unspecified atom stereocenters. The number of halogens is 6. The van der Waals surface area contributed by atoms with Crippen molar-refractivity contribution in [2.45, 2.75) is 18.7 Å². The standard InChI is InChI=1S/C9H6ClF5N2O2/c10-2-5-6(19-9(13,14)15)3(8(16)18)1-4(17-5)7(11)12/h1,7H,2H2,(H2,16,18). The van der Waals surface area contributed by atoms with Crippen LogP contribution in [0.5, 0.6) is 5.75 Å². The van der Waals surface area contributed by atoms with E-state index >= 15 is 0 Å². The van der Waals surface area contributed by atoms with E-state index in [1.807, 2.05) is 0 Å². The van der Waals surface area contributed by atoms with E-state index in [9.17, 15) is 26.7 Å². The maximum atomic E-state index is 12.5. The number of carbonyl (C=O) groups is 1. The lowest BCUT2D eigenvalue weighted by Crippen LogP contribution is -2.23. The van der Waals surface area contributed by atoms with Gasteiger partial charge in [-0.25, -0.2) is 13.8 Å². The minimum absolute atomic E-state index is 0.435. The summed E-state index contributed by atoms with van der Waals surface area (Å²) >= 11 is 5.31. The summed E-state index contributed by atoms with van der Waals surface area (Å²) in [5.74, 6) is -3.10. The number of primary amides is 1. The molecule has 1 aromatic heterocycles. The molecule has 0 aliphatic rings. The van der Waals surface area contributed by atoms with Gasteiger partial charge in [0.2, 0.25) is 0 Å². The Morgan fingerprint density at radius 2 is 2.05 bits per heavy atom. The van der Waals surface area contributed by atoms with Crippen molar-refractivity contribution in [1.29, 1.82) is 0 Å². The van der Waals surface area contributed by atoms with Crippen molar-refractivity contribution in [3.05, 3.63) is 23.0 Å². The zero-order valence-electron chi connectivity index (χ0n) is 8.97. The molecular formula is C9H6ClF5N2O2. The quantitative estimate of drug-likeness (QED) is 0.687. The third-order valence-electron chi connectivity index (χ3n) is 1.90. The van der Waals surface area contributed by atoms with Gasteiger partial charge in [-0.05, 0) is 6.07 Å². The van der Waals surface area contributed by atoms with Crippen LogP contribution in [0.15, 0.2) is 6.07 Å². The second kappa shape index (κ2) is 5.55. The number of hydrogen-bond donors (Lipinski definition) is 1. The van der Waals surface area contributed by atoms with Crippen LogP contribution in [0, 0.1) is 0 Å². The second-order valence-corrected chi connectivity index (χ2v) is 3.48. The molecule has 106 valence electrons. The van der Waals surface area contributed by atoms with Crippen molar-refractivity contribution in [2.24, 2.45) is 5.73 Å². The van der Waals surface area contributed by atoms with E-state index in [1.165, 1.54) is 0 Å². The van der Waals surface area contributed by atoms with Gasteiger partial charge in [-0.1, -0.05) is 0 Å². The van der Waals surface area contributed by atoms with Gasteiger partial charge in [0.25, 0.3) is 12.3 Å². The van der Waals surface area contributed by atoms with Crippen LogP contribution in [0.1, 0.15) is 28.2 Å². The first-order valence-corrected chi connectivity index (χ1v) is 5.12. The summed E-state index contributed by atoms with van der Waals surface area (Å²) in [5, 5.41) is 0. The van der Waals surface area contributed by atoms with Crippen molar-refractivity contribution in [3.63, 3.8) is 0 Å². The molecular weight excluding hydrogens is 299 g/mol. The van der Waals surface area contributed by atoms with Gasteiger partial charge in [0.05, 0.1) is 17.1 Å². The summed E-state index contributed by atoms with van der Waals surface area (Å²) in [6, 6.07) is 0.435. The van der Waals surface area contributed by atoms with Gasteiger partial charge >= 0.3 is 6.36 Å². The zero-order chi connectivity index (χ0) is 14.8. The molecule has 1 amide bonds. The van der Waals surface area contributed by atoms with Gasteiger partial charge in [0, 0.05) is 0 Å². The first kappa shape index (κ1) is 15.4. The van der Waals surface area contributed by atoms with Crippen molar-refractivity contribution in [2.75, 3.05) is 0 Å². The molecule has 0 aliphatic carbocycles. The molecule has 0 atom stereocenters. The van der Waals surface area contributed by atoms with Gasteiger partial charge in [-0.2, -0.15) is 0 Å². The average molecular weight is 305 g/mol. The first-order valence-electron chi connectivity index (χ1n) is 4.59. The third kappa shape index (κ3) is 3.91. The number of hydrogen-bond acceptors (Lipinski definition) is 3. The van der Waals surface area contributed by atoms with E-state index in [0.717, 1.165) is 0 Å². The molecule has 0 aliphatic heterocycles. The van der Waals surface area contributed by atoms with Crippen molar-refractivity contribution < 1.29 is 31.5 Å². The summed E-state index contributed by atoms with van der Waals surface area (Å²) in [6.07, 6.45) is -8.24. The number of pyridine rings is 1. The highest BCUT2D eigenvalue weighted by atomic mass is 35.5. The number of rotatable bonds is 4. The monoisotopic (exact) mass is 304 g/mol. The molecule has 0 saturated heterocycles. The van der Waals surface area contributed by atoms with E-state index in [2.05, 4.69) is 9.72 Å². The Morgan fingerprint density at radius 3 is 2.42 bits per heavy atom. The molecule has 0 spiro atoms. The first-order chi connectivity index (χ1) is 8.65. The van der Waals surface area contributed by atoms with Gasteiger partial charge < -0.3 is 10.5 Å². The van der Waals surface area contributed by atoms with Crippen molar-refractivity contribution in [1.82, 2.24) is 4.98 Å². The van der Waals surface area contributed by atoms with E-state index in [4.69, 9.17) is 17.3 Å². The second-order valence-electron chi connectivity index (χ2n) is 3.22. The Balaban J connectivity index is 3.45. The molecule has 1 rings (SSSR count). The maximum absolute atomic E-state index is 12.5. The minimum atomic E-state index is -5.14. The highest BCUT2D eigenvalue weighted by Crippen LogP contribution is 2.32. The molecule has 10 heteroatoms. The van der Waals surface area contributed by atoms with E-state index in [-0.39, 0.29) is 0 Å². The predicted molar refractivity (Wildman–Crippen MR) is 54.0 cm³/mol. The Morgan fingerprint density at radius 1 is 1.47 bits per heavy atom. The van der Waals surface area contributed by atoms with Gasteiger partial charge in [-0.3, -0.25) is 4.79 Å². The molecule has 1 aromatic rings. The summed E-state index contributed by atoms with van der Waals surface area (Å²) in [7, 11) is 0. The number of carbonyl (C=O) groups excluding carboxylic acids is 1. The largest absolute Gasteiger partial charge is 0.573 e. The van der Waals surface area contributed by atoms with E-state index < -0.39 is 47.3 Å². The van der Waals surface area contributed by atoms with Crippen molar-refractivity contribution >= 4 is 17.5 Å². The van der Waals surface area contributed by atoms with Crippen LogP contribution >= 0.6 is 11.6 Å². The molecule has 2 N–H and O–H groups in total. The summed E-state index contributed by atoms with van der Waals surface area (Å²) in [6.45, 7) is 0. The summed E-state index contributed by atoms with van der Waals surface area (Å²) in [5.41, 5.74) is 2.40. The van der Waals surface area contributed by atoms with E-state index in [0.29, 0.717) is 6.07 Å². The van der Waals surface area contributed by atoms with Crippen molar-refractivity contribution in [3.8, 4) is 5.75 Å². The van der Waals surface area contributed by atoms with Crippen LogP contribution in [-0.4, -0.2) is 17.3 Å². The number of amides is 1. The number of alkyl halides is 6. The van der Waals surface area contributed by atoms with Gasteiger partial charge in [-0.15, -0.1) is 24.8 Å². The Labute approximate surface area is 108 Å². The minimum Gasteiger partial charge on any atom is -0.403 e. The SMILES string of the molecule is NC(=O)c1cc(C(F)F)nc(CCl)c1OC(F)(F)F. The number of ether oxygens (including phenoxy) is 1. The summed E-state index contributed by atoms with van der Waals surface area (Å²) < 4.78 is 65.0. The third-order valence-corrected chi connectivity index (χ3v) is 2.15. The molecule has 0 bridgehead atoms.